The Morgan fingerprint density at radius 3 is 2.48 bits per heavy atom. The molecule has 0 radical (unpaired) electrons. The number of rotatable bonds is 7. The van der Waals surface area contributed by atoms with E-state index >= 15 is 0 Å². The lowest BCUT2D eigenvalue weighted by molar-refractivity contribution is 0.0949. The van der Waals surface area contributed by atoms with E-state index in [1.54, 1.807) is 30.6 Å². The highest BCUT2D eigenvalue weighted by molar-refractivity contribution is 5.95. The largest absolute Gasteiger partial charge is 0.493 e. The van der Waals surface area contributed by atoms with Crippen molar-refractivity contribution in [3.05, 3.63) is 48.0 Å². The molecule has 27 heavy (non-hydrogen) atoms. The summed E-state index contributed by atoms with van der Waals surface area (Å²) in [5.41, 5.74) is 1.16. The minimum atomic E-state index is -0.311. The van der Waals surface area contributed by atoms with Crippen molar-refractivity contribution in [1.82, 2.24) is 25.5 Å². The van der Waals surface area contributed by atoms with E-state index < -0.39 is 0 Å². The Balaban J connectivity index is 1.72. The highest BCUT2D eigenvalue weighted by Gasteiger charge is 2.17. The molecule has 0 saturated carbocycles. The lowest BCUT2D eigenvalue weighted by atomic mass is 10.1. The van der Waals surface area contributed by atoms with Gasteiger partial charge in [-0.3, -0.25) is 14.9 Å². The van der Waals surface area contributed by atoms with Crippen LogP contribution in [0.15, 0.2) is 36.7 Å². The summed E-state index contributed by atoms with van der Waals surface area (Å²) in [5.74, 6) is 1.96. The van der Waals surface area contributed by atoms with Crippen LogP contribution in [0.4, 0.5) is 0 Å². The second kappa shape index (κ2) is 8.17. The third kappa shape index (κ3) is 3.97. The van der Waals surface area contributed by atoms with Gasteiger partial charge in [0.05, 0.1) is 27.9 Å². The summed E-state index contributed by atoms with van der Waals surface area (Å²) < 4.78 is 15.8. The summed E-state index contributed by atoms with van der Waals surface area (Å²) in [5, 5.41) is 9.71. The first kappa shape index (κ1) is 18.2. The quantitative estimate of drug-likeness (QED) is 0.653. The molecule has 3 rings (SSSR count). The zero-order valence-electron chi connectivity index (χ0n) is 15.1. The number of aromatic nitrogens is 4. The first-order valence-corrected chi connectivity index (χ1v) is 8.06. The van der Waals surface area contributed by atoms with E-state index in [1.807, 2.05) is 6.07 Å². The first-order valence-electron chi connectivity index (χ1n) is 8.06. The SMILES string of the molecule is COc1cc(C(=O)NCc2nc(-c3cccnc3)n[nH]2)cc(OC)c1OC. The molecule has 0 aliphatic heterocycles. The Morgan fingerprint density at radius 1 is 1.15 bits per heavy atom. The Labute approximate surface area is 155 Å². The van der Waals surface area contributed by atoms with Gasteiger partial charge in [-0.1, -0.05) is 0 Å². The number of hydrogen-bond donors (Lipinski definition) is 2. The van der Waals surface area contributed by atoms with Crippen molar-refractivity contribution in [1.29, 1.82) is 0 Å². The third-order valence-electron chi connectivity index (χ3n) is 3.79. The van der Waals surface area contributed by atoms with Crippen molar-refractivity contribution < 1.29 is 19.0 Å². The monoisotopic (exact) mass is 369 g/mol. The average molecular weight is 369 g/mol. The van der Waals surface area contributed by atoms with Crippen LogP contribution in [0.2, 0.25) is 0 Å². The number of amides is 1. The van der Waals surface area contributed by atoms with Crippen LogP contribution in [-0.2, 0) is 6.54 Å². The van der Waals surface area contributed by atoms with Crippen molar-refractivity contribution in [3.8, 4) is 28.6 Å². The van der Waals surface area contributed by atoms with E-state index in [4.69, 9.17) is 14.2 Å². The molecule has 2 N–H and O–H groups in total. The van der Waals surface area contributed by atoms with Crippen molar-refractivity contribution in [2.75, 3.05) is 21.3 Å². The Bertz CT molecular complexity index is 902. The average Bonchev–Trinajstić information content (AvgIpc) is 3.20. The summed E-state index contributed by atoms with van der Waals surface area (Å²) >= 11 is 0. The molecule has 0 aliphatic carbocycles. The molecule has 9 nitrogen and oxygen atoms in total. The molecular formula is C18H19N5O4. The predicted molar refractivity (Wildman–Crippen MR) is 96.9 cm³/mol. The zero-order valence-corrected chi connectivity index (χ0v) is 15.1. The molecule has 0 atom stereocenters. The molecule has 0 saturated heterocycles. The maximum absolute atomic E-state index is 12.5. The number of carbonyl (C=O) groups is 1. The van der Waals surface area contributed by atoms with E-state index in [2.05, 4.69) is 25.5 Å². The standard InChI is InChI=1S/C18H19N5O4/c1-25-13-7-12(8-14(26-2)16(13)27-3)18(24)20-10-15-21-17(23-22-15)11-5-4-6-19-9-11/h4-9H,10H2,1-3H3,(H,20,24)(H,21,22,23). The molecule has 1 aromatic carbocycles. The van der Waals surface area contributed by atoms with E-state index in [9.17, 15) is 4.79 Å². The van der Waals surface area contributed by atoms with Gasteiger partial charge in [0.1, 0.15) is 5.82 Å². The van der Waals surface area contributed by atoms with E-state index in [1.165, 1.54) is 21.3 Å². The van der Waals surface area contributed by atoms with Crippen LogP contribution in [0.3, 0.4) is 0 Å². The van der Waals surface area contributed by atoms with Gasteiger partial charge in [0, 0.05) is 23.5 Å². The molecule has 0 unspecified atom stereocenters. The van der Waals surface area contributed by atoms with Gasteiger partial charge in [-0.05, 0) is 24.3 Å². The van der Waals surface area contributed by atoms with Crippen LogP contribution >= 0.6 is 0 Å². The number of hydrogen-bond acceptors (Lipinski definition) is 7. The van der Waals surface area contributed by atoms with E-state index in [0.29, 0.717) is 34.5 Å². The van der Waals surface area contributed by atoms with Crippen LogP contribution in [0, 0.1) is 0 Å². The topological polar surface area (TPSA) is 111 Å². The molecule has 140 valence electrons. The number of benzene rings is 1. The number of nitrogens with zero attached hydrogens (tertiary/aromatic N) is 3. The second-order valence-electron chi connectivity index (χ2n) is 5.44. The lowest BCUT2D eigenvalue weighted by Crippen LogP contribution is -2.23. The van der Waals surface area contributed by atoms with Gasteiger partial charge in [-0.25, -0.2) is 4.98 Å². The van der Waals surface area contributed by atoms with Gasteiger partial charge in [0.25, 0.3) is 5.91 Å². The van der Waals surface area contributed by atoms with Crippen molar-refractivity contribution in [2.45, 2.75) is 6.54 Å². The maximum atomic E-state index is 12.5. The van der Waals surface area contributed by atoms with Crippen molar-refractivity contribution >= 4 is 5.91 Å². The minimum Gasteiger partial charge on any atom is -0.493 e. The minimum absolute atomic E-state index is 0.183. The smallest absolute Gasteiger partial charge is 0.251 e. The van der Waals surface area contributed by atoms with Gasteiger partial charge in [-0.15, -0.1) is 0 Å². The van der Waals surface area contributed by atoms with Gasteiger partial charge < -0.3 is 19.5 Å². The summed E-state index contributed by atoms with van der Waals surface area (Å²) in [6, 6.07) is 6.82. The molecule has 2 aromatic heterocycles. The molecule has 3 aromatic rings. The number of methoxy groups -OCH3 is 3. The van der Waals surface area contributed by atoms with Crippen LogP contribution in [0.25, 0.3) is 11.4 Å². The van der Waals surface area contributed by atoms with Gasteiger partial charge >= 0.3 is 0 Å². The number of H-pyrrole nitrogens is 1. The van der Waals surface area contributed by atoms with Crippen molar-refractivity contribution in [3.63, 3.8) is 0 Å². The number of carbonyl (C=O) groups excluding carboxylic acids is 1. The number of nitrogens with one attached hydrogen (secondary N) is 2. The van der Waals surface area contributed by atoms with Crippen LogP contribution < -0.4 is 19.5 Å². The molecule has 9 heteroatoms. The fourth-order valence-corrected chi connectivity index (χ4v) is 2.48. The van der Waals surface area contributed by atoms with Crippen LogP contribution in [-0.4, -0.2) is 47.4 Å². The molecule has 0 spiro atoms. The third-order valence-corrected chi connectivity index (χ3v) is 3.79. The normalized spacial score (nSPS) is 10.3. The molecule has 2 heterocycles. The summed E-state index contributed by atoms with van der Waals surface area (Å²) in [6.45, 7) is 0.183. The fourth-order valence-electron chi connectivity index (χ4n) is 2.48. The lowest BCUT2D eigenvalue weighted by Gasteiger charge is -2.13. The Hall–Kier alpha value is -3.62. The summed E-state index contributed by atoms with van der Waals surface area (Å²) in [7, 11) is 4.49. The molecule has 0 bridgehead atoms. The Kier molecular flexibility index (Phi) is 5.50. The maximum Gasteiger partial charge on any atom is 0.251 e. The molecule has 1 amide bonds. The molecular weight excluding hydrogens is 350 g/mol. The predicted octanol–water partition coefficient (Wildman–Crippen LogP) is 1.82. The highest BCUT2D eigenvalue weighted by Crippen LogP contribution is 2.38. The number of ether oxygens (including phenoxy) is 3. The molecule has 0 fully saturated rings. The first-order chi connectivity index (χ1) is 13.2. The highest BCUT2D eigenvalue weighted by atomic mass is 16.5. The van der Waals surface area contributed by atoms with Gasteiger partial charge in [0.2, 0.25) is 5.75 Å². The zero-order chi connectivity index (χ0) is 19.2. The molecule has 0 aliphatic rings. The van der Waals surface area contributed by atoms with Crippen LogP contribution in [0.1, 0.15) is 16.2 Å². The second-order valence-corrected chi connectivity index (χ2v) is 5.44. The summed E-state index contributed by atoms with van der Waals surface area (Å²) in [6.07, 6.45) is 3.34. The number of pyridine rings is 1. The van der Waals surface area contributed by atoms with Gasteiger partial charge in [-0.2, -0.15) is 5.10 Å². The van der Waals surface area contributed by atoms with Crippen LogP contribution in [0.5, 0.6) is 17.2 Å². The van der Waals surface area contributed by atoms with Gasteiger partial charge in [0.15, 0.2) is 17.3 Å². The summed E-state index contributed by atoms with van der Waals surface area (Å²) in [4.78, 5) is 20.9. The fraction of sp³-hybridized carbons (Fsp3) is 0.222. The Morgan fingerprint density at radius 2 is 1.89 bits per heavy atom. The van der Waals surface area contributed by atoms with E-state index in [0.717, 1.165) is 5.56 Å². The number of aromatic amines is 1. The van der Waals surface area contributed by atoms with E-state index in [-0.39, 0.29) is 12.5 Å². The van der Waals surface area contributed by atoms with Crippen molar-refractivity contribution in [2.24, 2.45) is 0 Å².